The van der Waals surface area contributed by atoms with E-state index >= 15 is 0 Å². The Balaban J connectivity index is 0.00000338. The van der Waals surface area contributed by atoms with Gasteiger partial charge in [-0.2, -0.15) is 0 Å². The molecular weight excluding hydrogens is 441 g/mol. The van der Waals surface area contributed by atoms with Crippen LogP contribution in [0, 0.1) is 13.8 Å². The Morgan fingerprint density at radius 1 is 1.04 bits per heavy atom. The van der Waals surface area contributed by atoms with Gasteiger partial charge in [-0.25, -0.2) is 4.99 Å². The zero-order chi connectivity index (χ0) is 18.2. The molecule has 0 bridgehead atoms. The van der Waals surface area contributed by atoms with Crippen molar-refractivity contribution in [1.29, 1.82) is 0 Å². The second-order valence-electron chi connectivity index (χ2n) is 5.94. The Labute approximate surface area is 173 Å². The molecule has 142 valence electrons. The normalized spacial score (nSPS) is 10.8. The largest absolute Gasteiger partial charge is 0.493 e. The van der Waals surface area contributed by atoms with Crippen LogP contribution in [0.15, 0.2) is 41.4 Å². The highest BCUT2D eigenvalue weighted by atomic mass is 127. The molecule has 0 atom stereocenters. The van der Waals surface area contributed by atoms with Crippen molar-refractivity contribution in [2.45, 2.75) is 26.8 Å². The number of ether oxygens (including phenoxy) is 2. The van der Waals surface area contributed by atoms with Crippen molar-refractivity contribution in [3.05, 3.63) is 58.7 Å². The molecule has 6 heteroatoms. The van der Waals surface area contributed by atoms with Crippen LogP contribution in [0.2, 0.25) is 0 Å². The molecule has 2 rings (SSSR count). The van der Waals surface area contributed by atoms with Gasteiger partial charge in [-0.05, 0) is 54.7 Å². The van der Waals surface area contributed by atoms with E-state index in [1.807, 2.05) is 18.2 Å². The SMILES string of the molecule is COc1ccc(CN=C(N)NCCc2c(C)cccc2C)cc1OC.I. The van der Waals surface area contributed by atoms with Crippen molar-refractivity contribution in [1.82, 2.24) is 5.32 Å². The molecule has 5 nitrogen and oxygen atoms in total. The molecule has 0 amide bonds. The van der Waals surface area contributed by atoms with Gasteiger partial charge in [-0.1, -0.05) is 24.3 Å². The second kappa shape index (κ2) is 10.9. The molecule has 0 saturated heterocycles. The molecule has 0 unspecified atom stereocenters. The summed E-state index contributed by atoms with van der Waals surface area (Å²) in [5, 5.41) is 3.18. The van der Waals surface area contributed by atoms with Crippen LogP contribution >= 0.6 is 24.0 Å². The molecule has 0 fully saturated rings. The number of hydrogen-bond acceptors (Lipinski definition) is 3. The monoisotopic (exact) mass is 469 g/mol. The number of aryl methyl sites for hydroxylation is 2. The lowest BCUT2D eigenvalue weighted by Gasteiger charge is -2.11. The van der Waals surface area contributed by atoms with E-state index < -0.39 is 0 Å². The van der Waals surface area contributed by atoms with Crippen LogP contribution < -0.4 is 20.5 Å². The van der Waals surface area contributed by atoms with Crippen molar-refractivity contribution in [2.24, 2.45) is 10.7 Å². The van der Waals surface area contributed by atoms with Crippen molar-refractivity contribution in [3.63, 3.8) is 0 Å². The van der Waals surface area contributed by atoms with Gasteiger partial charge in [-0.15, -0.1) is 24.0 Å². The number of nitrogens with zero attached hydrogens (tertiary/aromatic N) is 1. The van der Waals surface area contributed by atoms with Crippen molar-refractivity contribution in [3.8, 4) is 11.5 Å². The minimum atomic E-state index is 0. The van der Waals surface area contributed by atoms with Gasteiger partial charge in [0.2, 0.25) is 0 Å². The third-order valence-corrected chi connectivity index (χ3v) is 4.21. The van der Waals surface area contributed by atoms with Gasteiger partial charge < -0.3 is 20.5 Å². The fourth-order valence-electron chi connectivity index (χ4n) is 2.77. The summed E-state index contributed by atoms with van der Waals surface area (Å²) in [6.45, 7) is 5.52. The minimum Gasteiger partial charge on any atom is -0.493 e. The first-order chi connectivity index (χ1) is 12.0. The molecule has 0 saturated carbocycles. The third-order valence-electron chi connectivity index (χ3n) is 4.21. The number of hydrogen-bond donors (Lipinski definition) is 2. The van der Waals surface area contributed by atoms with E-state index in [4.69, 9.17) is 15.2 Å². The zero-order valence-electron chi connectivity index (χ0n) is 15.8. The smallest absolute Gasteiger partial charge is 0.188 e. The van der Waals surface area contributed by atoms with Crippen LogP contribution in [0.5, 0.6) is 11.5 Å². The summed E-state index contributed by atoms with van der Waals surface area (Å²) in [5.74, 6) is 1.84. The first-order valence-corrected chi connectivity index (χ1v) is 8.35. The molecule has 2 aromatic rings. The number of nitrogens with two attached hydrogens (primary N) is 1. The van der Waals surface area contributed by atoms with Gasteiger partial charge in [0, 0.05) is 6.54 Å². The molecular formula is C20H28IN3O2. The number of methoxy groups -OCH3 is 2. The van der Waals surface area contributed by atoms with E-state index in [1.165, 1.54) is 16.7 Å². The number of halogens is 1. The molecule has 0 heterocycles. The molecule has 0 aromatic heterocycles. The first kappa shape index (κ1) is 22.1. The van der Waals surface area contributed by atoms with Crippen LogP contribution in [0.4, 0.5) is 0 Å². The van der Waals surface area contributed by atoms with Gasteiger partial charge in [0.1, 0.15) is 0 Å². The molecule has 0 spiro atoms. The Hall–Kier alpha value is -1.96. The van der Waals surface area contributed by atoms with Crippen molar-refractivity contribution in [2.75, 3.05) is 20.8 Å². The Morgan fingerprint density at radius 3 is 2.31 bits per heavy atom. The molecule has 3 N–H and O–H groups in total. The maximum atomic E-state index is 5.97. The molecule has 26 heavy (non-hydrogen) atoms. The highest BCUT2D eigenvalue weighted by molar-refractivity contribution is 14.0. The lowest BCUT2D eigenvalue weighted by Crippen LogP contribution is -2.33. The highest BCUT2D eigenvalue weighted by Crippen LogP contribution is 2.27. The van der Waals surface area contributed by atoms with E-state index in [0.717, 1.165) is 18.5 Å². The summed E-state index contributed by atoms with van der Waals surface area (Å²) in [6, 6.07) is 12.1. The molecule has 0 radical (unpaired) electrons. The standard InChI is InChI=1S/C20H27N3O2.HI/c1-14-6-5-7-15(2)17(14)10-11-22-20(21)23-13-16-8-9-18(24-3)19(12-16)25-4;/h5-9,12H,10-11,13H2,1-4H3,(H3,21,22,23);1H. The van der Waals surface area contributed by atoms with E-state index in [-0.39, 0.29) is 24.0 Å². The topological polar surface area (TPSA) is 68.9 Å². The van der Waals surface area contributed by atoms with Crippen molar-refractivity contribution < 1.29 is 9.47 Å². The number of guanidine groups is 1. The van der Waals surface area contributed by atoms with Crippen LogP contribution in [0.3, 0.4) is 0 Å². The summed E-state index contributed by atoms with van der Waals surface area (Å²) in [7, 11) is 3.24. The molecule has 2 aromatic carbocycles. The van der Waals surface area contributed by atoms with Crippen molar-refractivity contribution >= 4 is 29.9 Å². The van der Waals surface area contributed by atoms with Gasteiger partial charge in [0.05, 0.1) is 20.8 Å². The van der Waals surface area contributed by atoms with Crippen LogP contribution in [-0.2, 0) is 13.0 Å². The first-order valence-electron chi connectivity index (χ1n) is 8.35. The van der Waals surface area contributed by atoms with Crippen LogP contribution in [0.1, 0.15) is 22.3 Å². The van der Waals surface area contributed by atoms with E-state index in [0.29, 0.717) is 24.0 Å². The number of aliphatic imine (C=N–C) groups is 1. The average Bonchev–Trinajstić information content (AvgIpc) is 2.62. The summed E-state index contributed by atoms with van der Waals surface area (Å²) in [5.41, 5.74) is 11.0. The summed E-state index contributed by atoms with van der Waals surface area (Å²) < 4.78 is 10.5. The highest BCUT2D eigenvalue weighted by Gasteiger charge is 2.05. The molecule has 0 aliphatic carbocycles. The predicted molar refractivity (Wildman–Crippen MR) is 118 cm³/mol. The lowest BCUT2D eigenvalue weighted by atomic mass is 10.0. The third kappa shape index (κ3) is 6.09. The van der Waals surface area contributed by atoms with Gasteiger partial charge in [0.15, 0.2) is 17.5 Å². The molecule has 0 aliphatic heterocycles. The van der Waals surface area contributed by atoms with E-state index in [1.54, 1.807) is 14.2 Å². The minimum absolute atomic E-state index is 0. The fraction of sp³-hybridized carbons (Fsp3) is 0.350. The van der Waals surface area contributed by atoms with Crippen LogP contribution in [-0.4, -0.2) is 26.7 Å². The zero-order valence-corrected chi connectivity index (χ0v) is 18.2. The fourth-order valence-corrected chi connectivity index (χ4v) is 2.77. The maximum absolute atomic E-state index is 5.97. The number of rotatable bonds is 7. The molecule has 0 aliphatic rings. The lowest BCUT2D eigenvalue weighted by molar-refractivity contribution is 0.354. The average molecular weight is 469 g/mol. The Bertz CT molecular complexity index is 728. The number of benzene rings is 2. The summed E-state index contributed by atoms with van der Waals surface area (Å²) in [4.78, 5) is 4.39. The van der Waals surface area contributed by atoms with E-state index in [9.17, 15) is 0 Å². The van der Waals surface area contributed by atoms with Gasteiger partial charge in [0.25, 0.3) is 0 Å². The second-order valence-corrected chi connectivity index (χ2v) is 5.94. The van der Waals surface area contributed by atoms with E-state index in [2.05, 4.69) is 42.4 Å². The van der Waals surface area contributed by atoms with Gasteiger partial charge >= 0.3 is 0 Å². The maximum Gasteiger partial charge on any atom is 0.188 e. The quantitative estimate of drug-likeness (QED) is 0.370. The summed E-state index contributed by atoms with van der Waals surface area (Å²) in [6.07, 6.45) is 0.922. The predicted octanol–water partition coefficient (Wildman–Crippen LogP) is 3.59. The summed E-state index contributed by atoms with van der Waals surface area (Å²) >= 11 is 0. The van der Waals surface area contributed by atoms with Crippen LogP contribution in [0.25, 0.3) is 0 Å². The van der Waals surface area contributed by atoms with Gasteiger partial charge in [-0.3, -0.25) is 0 Å². The number of nitrogens with one attached hydrogen (secondary N) is 1. The Kier molecular flexibility index (Phi) is 9.26. The Morgan fingerprint density at radius 2 is 1.69 bits per heavy atom.